The molecule has 10 atom stereocenters. The lowest BCUT2D eigenvalue weighted by Crippen LogP contribution is -2.56. The van der Waals surface area contributed by atoms with Gasteiger partial charge in [-0.1, -0.05) is 38.8 Å². The minimum absolute atomic E-state index is 0.180. The van der Waals surface area contributed by atoms with Gasteiger partial charge >= 0.3 is 0 Å². The maximum Gasteiger partial charge on any atom is 0.242 e. The second-order valence-electron chi connectivity index (χ2n) is 17.0. The molecule has 0 aliphatic carbocycles. The molecule has 10 nitrogen and oxygen atoms in total. The molecule has 0 spiro atoms. The van der Waals surface area contributed by atoms with Crippen LogP contribution in [0.15, 0.2) is 85.2 Å². The van der Waals surface area contributed by atoms with Crippen LogP contribution in [0.25, 0.3) is 32.6 Å². The van der Waals surface area contributed by atoms with E-state index in [1.807, 2.05) is 36.7 Å². The third-order valence-corrected chi connectivity index (χ3v) is 14.3. The minimum atomic E-state index is -0.300. The van der Waals surface area contributed by atoms with Crippen LogP contribution in [0.2, 0.25) is 0 Å². The Hall–Kier alpha value is -5.06. The second-order valence-corrected chi connectivity index (χ2v) is 17.0. The number of nitrogens with zero attached hydrogens (tertiary/aromatic N) is 6. The summed E-state index contributed by atoms with van der Waals surface area (Å²) in [4.78, 5) is 14.8. The lowest BCUT2D eigenvalue weighted by molar-refractivity contribution is -0.0505. The van der Waals surface area contributed by atoms with E-state index in [-0.39, 0.29) is 24.3 Å². The Labute approximate surface area is 340 Å². The van der Waals surface area contributed by atoms with Crippen molar-refractivity contribution in [2.45, 2.75) is 76.7 Å². The largest absolute Gasteiger partial charge is 0.497 e. The van der Waals surface area contributed by atoms with Gasteiger partial charge in [0.1, 0.15) is 23.7 Å². The number of pyridine rings is 2. The van der Waals surface area contributed by atoms with Crippen LogP contribution in [0.4, 0.5) is 0 Å². The predicted molar refractivity (Wildman–Crippen MR) is 227 cm³/mol. The Balaban J connectivity index is 1.06. The van der Waals surface area contributed by atoms with Gasteiger partial charge in [0, 0.05) is 47.4 Å². The van der Waals surface area contributed by atoms with Crippen molar-refractivity contribution in [3.05, 3.63) is 96.3 Å². The summed E-state index contributed by atoms with van der Waals surface area (Å²) in [6, 6.07) is 25.1. The first-order valence-corrected chi connectivity index (χ1v) is 21.5. The van der Waals surface area contributed by atoms with E-state index < -0.39 is 0 Å². The Morgan fingerprint density at radius 1 is 0.603 bits per heavy atom. The lowest BCUT2D eigenvalue weighted by atomic mass is 9.72. The van der Waals surface area contributed by atoms with E-state index in [4.69, 9.17) is 39.1 Å². The molecule has 9 heterocycles. The van der Waals surface area contributed by atoms with Gasteiger partial charge in [0.2, 0.25) is 11.8 Å². The monoisotopic (exact) mass is 778 g/mol. The Kier molecular flexibility index (Phi) is 10.0. The summed E-state index contributed by atoms with van der Waals surface area (Å²) in [6.07, 6.45) is 10.2. The summed E-state index contributed by atoms with van der Waals surface area (Å²) in [7, 11) is 3.42. The average Bonchev–Trinajstić information content (AvgIpc) is 3.29. The van der Waals surface area contributed by atoms with Crippen LogP contribution in [-0.4, -0.2) is 82.4 Å². The normalized spacial score (nSPS) is 27.4. The van der Waals surface area contributed by atoms with Gasteiger partial charge < -0.3 is 18.9 Å². The molecule has 6 aliphatic rings. The minimum Gasteiger partial charge on any atom is -0.497 e. The standard InChI is InChI=1S/C48H54N6O4/c1-5-29-27-53-21-17-31(29)23-43(53)45(35-15-19-49-41-13-11-33(55-3)25-39(35)41)57-47-37-9-7-8-10-38(37)48(52-51-47)58-46(44-24-32-18-22-54(44)28-30(32)6-2)36-16-20-50-42-14-12-34(56-4)26-40(36)42/h7-16,19-20,25-26,29-32,43-46H,5-6,17-18,21-24,27-28H2,1-4H3/t29?,30?,31-,32-,43-,44-,45+,46+/m1/s1. The van der Waals surface area contributed by atoms with Crippen molar-refractivity contribution in [1.29, 1.82) is 0 Å². The number of fused-ring (bicyclic) bond motifs is 9. The molecule has 0 radical (unpaired) electrons. The zero-order valence-corrected chi connectivity index (χ0v) is 34.1. The van der Waals surface area contributed by atoms with Gasteiger partial charge in [-0.2, -0.15) is 0 Å². The maximum absolute atomic E-state index is 7.30. The Morgan fingerprint density at radius 2 is 1.07 bits per heavy atom. The maximum atomic E-state index is 7.30. The van der Waals surface area contributed by atoms with E-state index in [0.29, 0.717) is 35.4 Å². The van der Waals surface area contributed by atoms with Crippen molar-refractivity contribution in [2.75, 3.05) is 40.4 Å². The van der Waals surface area contributed by atoms with E-state index in [1.54, 1.807) is 14.2 Å². The van der Waals surface area contributed by atoms with Crippen molar-refractivity contribution < 1.29 is 18.9 Å². The van der Waals surface area contributed by atoms with Gasteiger partial charge in [0.15, 0.2) is 0 Å². The lowest BCUT2D eigenvalue weighted by Gasteiger charge is -2.52. The molecule has 4 bridgehead atoms. The summed E-state index contributed by atoms with van der Waals surface area (Å²) in [5.41, 5.74) is 4.01. The molecular weight excluding hydrogens is 725 g/mol. The molecule has 0 amide bonds. The van der Waals surface area contributed by atoms with E-state index in [0.717, 1.165) is 94.2 Å². The zero-order valence-electron chi connectivity index (χ0n) is 34.1. The SMILES string of the molecule is CCC1CN2CC[C@@H]1C[C@@H]2[C@@H](Oc1nnc(O[C@@H](c2ccnc3ccc(OC)cc23)[C@H]2C[C@H]3CCN2CC3CC)c2ccccc12)c1ccnc2ccc(OC)cc12. The first-order valence-electron chi connectivity index (χ1n) is 21.5. The molecular formula is C48H54N6O4. The fraction of sp³-hybridized carbons (Fsp3) is 0.458. The van der Waals surface area contributed by atoms with E-state index in [9.17, 15) is 0 Å². The Bertz CT molecular complexity index is 2280. The van der Waals surface area contributed by atoms with Crippen molar-refractivity contribution in [2.24, 2.45) is 23.7 Å². The molecule has 58 heavy (non-hydrogen) atoms. The van der Waals surface area contributed by atoms with Gasteiger partial charge in [-0.15, -0.1) is 10.2 Å². The number of hydrogen-bond donors (Lipinski definition) is 0. The molecule has 0 saturated carbocycles. The summed E-state index contributed by atoms with van der Waals surface area (Å²) >= 11 is 0. The van der Waals surface area contributed by atoms with Crippen LogP contribution < -0.4 is 18.9 Å². The number of ether oxygens (including phenoxy) is 4. The first kappa shape index (κ1) is 37.2. The van der Waals surface area contributed by atoms with E-state index >= 15 is 0 Å². The number of aromatic nitrogens is 4. The number of benzene rings is 3. The predicted octanol–water partition coefficient (Wildman–Crippen LogP) is 9.22. The van der Waals surface area contributed by atoms with Crippen LogP contribution in [0.1, 0.15) is 75.7 Å². The summed E-state index contributed by atoms with van der Waals surface area (Å²) in [5.74, 6) is 5.39. The van der Waals surface area contributed by atoms with Gasteiger partial charge in [0.25, 0.3) is 0 Å². The molecule has 6 aromatic rings. The molecule has 4 unspecified atom stereocenters. The highest BCUT2D eigenvalue weighted by molar-refractivity contribution is 5.91. The van der Waals surface area contributed by atoms with Crippen LogP contribution in [0, 0.1) is 23.7 Å². The average molecular weight is 779 g/mol. The fourth-order valence-electron chi connectivity index (χ4n) is 11.1. The molecule has 0 N–H and O–H groups in total. The van der Waals surface area contributed by atoms with Crippen molar-refractivity contribution >= 4 is 32.6 Å². The van der Waals surface area contributed by atoms with Crippen molar-refractivity contribution in [3.8, 4) is 23.3 Å². The molecule has 6 saturated heterocycles. The van der Waals surface area contributed by atoms with E-state index in [1.165, 1.54) is 25.7 Å². The van der Waals surface area contributed by atoms with Crippen LogP contribution in [0.5, 0.6) is 23.3 Å². The molecule has 3 aromatic heterocycles. The molecule has 3 aromatic carbocycles. The number of piperidine rings is 6. The summed E-state index contributed by atoms with van der Waals surface area (Å²) in [5, 5.41) is 13.7. The van der Waals surface area contributed by atoms with Crippen LogP contribution in [0.3, 0.4) is 0 Å². The number of hydrogen-bond acceptors (Lipinski definition) is 10. The van der Waals surface area contributed by atoms with Gasteiger partial charge in [-0.05, 0) is 123 Å². The molecule has 6 aliphatic heterocycles. The molecule has 10 heteroatoms. The molecule has 12 rings (SSSR count). The van der Waals surface area contributed by atoms with Gasteiger partial charge in [-0.25, -0.2) is 0 Å². The molecule has 6 fully saturated rings. The highest BCUT2D eigenvalue weighted by Gasteiger charge is 2.46. The highest BCUT2D eigenvalue weighted by Crippen LogP contribution is 2.47. The summed E-state index contributed by atoms with van der Waals surface area (Å²) < 4.78 is 26.0. The number of methoxy groups -OCH3 is 2. The third kappa shape index (κ3) is 6.58. The zero-order chi connectivity index (χ0) is 39.3. The smallest absolute Gasteiger partial charge is 0.242 e. The van der Waals surface area contributed by atoms with Crippen LogP contribution >= 0.6 is 0 Å². The first-order chi connectivity index (χ1) is 28.5. The highest BCUT2D eigenvalue weighted by atomic mass is 16.5. The quantitative estimate of drug-likeness (QED) is 0.120. The van der Waals surface area contributed by atoms with Gasteiger partial charge in [0.05, 0.1) is 48.1 Å². The molecule has 300 valence electrons. The topological polar surface area (TPSA) is 95.0 Å². The van der Waals surface area contributed by atoms with Crippen molar-refractivity contribution in [3.63, 3.8) is 0 Å². The fourth-order valence-corrected chi connectivity index (χ4v) is 11.1. The van der Waals surface area contributed by atoms with Crippen molar-refractivity contribution in [1.82, 2.24) is 30.0 Å². The van der Waals surface area contributed by atoms with Crippen LogP contribution in [-0.2, 0) is 0 Å². The second kappa shape index (κ2) is 15.6. The summed E-state index contributed by atoms with van der Waals surface area (Å²) in [6.45, 7) is 9.00. The third-order valence-electron chi connectivity index (χ3n) is 14.3. The Morgan fingerprint density at radius 3 is 1.47 bits per heavy atom. The van der Waals surface area contributed by atoms with Gasteiger partial charge in [-0.3, -0.25) is 19.8 Å². The number of rotatable bonds is 12. The van der Waals surface area contributed by atoms with E-state index in [2.05, 4.69) is 72.2 Å².